The smallest absolute Gasteiger partial charge is 0.342 e. The van der Waals surface area contributed by atoms with Gasteiger partial charge in [-0.2, -0.15) is 9.97 Å². The van der Waals surface area contributed by atoms with Gasteiger partial charge in [-0.3, -0.25) is 18.7 Å². The fourth-order valence-corrected chi connectivity index (χ4v) is 7.12. The maximum atomic E-state index is 14.6. The van der Waals surface area contributed by atoms with Crippen LogP contribution in [-0.2, 0) is 32.9 Å². The second kappa shape index (κ2) is 16.7. The van der Waals surface area contributed by atoms with Crippen LogP contribution in [0.15, 0.2) is 6.33 Å². The van der Waals surface area contributed by atoms with Crippen molar-refractivity contribution in [2.45, 2.75) is 117 Å². The number of rotatable bonds is 18. The van der Waals surface area contributed by atoms with Crippen molar-refractivity contribution in [2.75, 3.05) is 25.6 Å². The van der Waals surface area contributed by atoms with E-state index in [1.54, 1.807) is 13.8 Å². The number of nitrogens with two attached hydrogens (primary N) is 1. The summed E-state index contributed by atoms with van der Waals surface area (Å²) in [6.07, 6.45) is -2.48. The summed E-state index contributed by atoms with van der Waals surface area (Å²) in [5.41, 5.74) is 4.45. The number of nitrogens with one attached hydrogen (secondary N) is 2. The Kier molecular flexibility index (Phi) is 13.7. The quantitative estimate of drug-likeness (QED) is 0.111. The fourth-order valence-electron chi connectivity index (χ4n) is 5.29. The van der Waals surface area contributed by atoms with Crippen LogP contribution in [0.1, 0.15) is 81.4 Å². The summed E-state index contributed by atoms with van der Waals surface area (Å²) in [5, 5.41) is 28.3. The van der Waals surface area contributed by atoms with Gasteiger partial charge in [0.2, 0.25) is 11.8 Å². The molecule has 1 fully saturated rings. The van der Waals surface area contributed by atoms with Gasteiger partial charge in [-0.15, -0.1) is 0 Å². The van der Waals surface area contributed by atoms with E-state index in [0.29, 0.717) is 0 Å². The molecule has 1 aliphatic heterocycles. The van der Waals surface area contributed by atoms with Crippen LogP contribution in [0.2, 0.25) is 0 Å². The zero-order valence-corrected chi connectivity index (χ0v) is 30.1. The lowest BCUT2D eigenvalue weighted by molar-refractivity contribution is -0.146. The Morgan fingerprint density at radius 3 is 2.06 bits per heavy atom. The zero-order chi connectivity index (χ0) is 36.0. The molecule has 18 heteroatoms. The molecule has 2 aromatic heterocycles. The number of nitrogens with zero attached hydrogens (tertiary/aromatic N) is 4. The van der Waals surface area contributed by atoms with E-state index in [1.165, 1.54) is 17.8 Å². The van der Waals surface area contributed by atoms with Gasteiger partial charge in [0.05, 0.1) is 32.3 Å². The zero-order valence-electron chi connectivity index (χ0n) is 29.2. The minimum Gasteiger partial charge on any atom is -0.473 e. The third kappa shape index (κ3) is 9.83. The highest BCUT2D eigenvalue weighted by Crippen LogP contribution is 2.45. The van der Waals surface area contributed by atoms with Crippen molar-refractivity contribution in [2.24, 2.45) is 11.8 Å². The molecule has 17 nitrogen and oxygen atoms in total. The summed E-state index contributed by atoms with van der Waals surface area (Å²) < 4.78 is 44.2. The molecule has 0 spiro atoms. The Morgan fingerprint density at radius 2 is 1.58 bits per heavy atom. The fraction of sp³-hybridized carbons (Fsp3) is 0.767. The Labute approximate surface area is 281 Å². The van der Waals surface area contributed by atoms with Crippen LogP contribution in [0, 0.1) is 11.8 Å². The molecule has 3 heterocycles. The van der Waals surface area contributed by atoms with E-state index in [4.69, 9.17) is 29.2 Å². The third-order valence-electron chi connectivity index (χ3n) is 7.39. The highest BCUT2D eigenvalue weighted by atomic mass is 31.2. The average molecular weight is 702 g/mol. The van der Waals surface area contributed by atoms with Gasteiger partial charge in [0.15, 0.2) is 17.4 Å². The summed E-state index contributed by atoms with van der Waals surface area (Å²) >= 11 is 0. The first-order chi connectivity index (χ1) is 22.4. The number of carbonyl (C=O) groups excluding carboxylic acids is 2. The molecule has 0 bridgehead atoms. The summed E-state index contributed by atoms with van der Waals surface area (Å²) in [5.74, 6) is -1.29. The van der Waals surface area contributed by atoms with Crippen molar-refractivity contribution in [3.8, 4) is 5.88 Å². The minimum atomic E-state index is -4.31. The Hall–Kier alpha value is -2.92. The van der Waals surface area contributed by atoms with E-state index in [-0.39, 0.29) is 67.0 Å². The number of carbonyl (C=O) groups is 2. The van der Waals surface area contributed by atoms with Crippen molar-refractivity contribution in [3.63, 3.8) is 0 Å². The number of hydrogen-bond acceptors (Lipinski definition) is 14. The number of ether oxygens (including phenoxy) is 4. The van der Waals surface area contributed by atoms with Crippen molar-refractivity contribution in [1.82, 2.24) is 29.7 Å². The highest BCUT2D eigenvalue weighted by Gasteiger charge is 2.54. The van der Waals surface area contributed by atoms with Crippen LogP contribution in [0.3, 0.4) is 0 Å². The summed E-state index contributed by atoms with van der Waals surface area (Å²) in [7, 11) is -4.31. The lowest BCUT2D eigenvalue weighted by Gasteiger charge is -2.30. The normalized spacial score (nSPS) is 22.8. The number of esters is 2. The Balaban J connectivity index is 1.95. The topological polar surface area (TPSA) is 232 Å². The predicted molar refractivity (Wildman–Crippen MR) is 176 cm³/mol. The second-order valence-electron chi connectivity index (χ2n) is 13.0. The largest absolute Gasteiger partial charge is 0.473 e. The molecule has 1 aliphatic rings. The number of fused-ring (bicyclic) bond motifs is 1. The lowest BCUT2D eigenvalue weighted by atomic mass is 9.96. The number of aromatic nitrogens is 4. The van der Waals surface area contributed by atoms with E-state index in [1.807, 2.05) is 41.5 Å². The molecule has 0 saturated carbocycles. The second-order valence-corrected chi connectivity index (χ2v) is 14.9. The van der Waals surface area contributed by atoms with Crippen LogP contribution in [-0.4, -0.2) is 97.5 Å². The highest BCUT2D eigenvalue weighted by molar-refractivity contribution is 7.54. The molecule has 2 aromatic rings. The van der Waals surface area contributed by atoms with Crippen molar-refractivity contribution >= 4 is 36.7 Å². The van der Waals surface area contributed by atoms with E-state index in [9.17, 15) is 24.4 Å². The maximum absolute atomic E-state index is 14.6. The molecular weight excluding hydrogens is 649 g/mol. The average Bonchev–Trinajstić information content (AvgIpc) is 3.48. The monoisotopic (exact) mass is 701 g/mol. The van der Waals surface area contributed by atoms with E-state index < -0.39 is 62.3 Å². The van der Waals surface area contributed by atoms with Crippen molar-refractivity contribution in [1.29, 1.82) is 0 Å². The number of hydrogen-bond donors (Lipinski definition) is 5. The summed E-state index contributed by atoms with van der Waals surface area (Å²) in [6.45, 7) is 15.5. The molecule has 0 amide bonds. The van der Waals surface area contributed by atoms with Crippen LogP contribution in [0.4, 0.5) is 5.95 Å². The SMILES string of the molecule is CCOC(=O)[C@H](CC(C)C)NP(=O)(N[C@@H](CC(C)C)C(=O)OCC)OC[C@H]1O[C@@H](n2cnc3c(OC(C)C)nc(N)nc32)C(C)(O)C1O. The molecule has 6 N–H and O–H groups in total. The van der Waals surface area contributed by atoms with Crippen LogP contribution in [0.25, 0.3) is 11.2 Å². The van der Waals surface area contributed by atoms with Gasteiger partial charge in [0.1, 0.15) is 29.9 Å². The van der Waals surface area contributed by atoms with Crippen LogP contribution >= 0.6 is 7.67 Å². The minimum absolute atomic E-state index is 0.0120. The molecule has 0 aromatic carbocycles. The Bertz CT molecular complexity index is 1400. The van der Waals surface area contributed by atoms with Gasteiger partial charge >= 0.3 is 19.6 Å². The van der Waals surface area contributed by atoms with Gasteiger partial charge in [0.25, 0.3) is 0 Å². The van der Waals surface area contributed by atoms with E-state index >= 15 is 0 Å². The number of nitrogen functional groups attached to an aromatic ring is 1. The molecule has 1 saturated heterocycles. The molecule has 3 rings (SSSR count). The molecule has 0 aliphatic carbocycles. The number of imidazole rings is 1. The molecule has 2 unspecified atom stereocenters. The Morgan fingerprint density at radius 1 is 1.04 bits per heavy atom. The number of aliphatic hydroxyl groups excluding tert-OH is 1. The molecular formula is C30H52N7O10P. The number of aliphatic hydroxyl groups is 2. The molecule has 272 valence electrons. The molecule has 48 heavy (non-hydrogen) atoms. The van der Waals surface area contributed by atoms with Gasteiger partial charge in [0, 0.05) is 0 Å². The van der Waals surface area contributed by atoms with Crippen LogP contribution < -0.4 is 20.6 Å². The summed E-state index contributed by atoms with van der Waals surface area (Å²) in [4.78, 5) is 38.6. The maximum Gasteiger partial charge on any atom is 0.342 e. The van der Waals surface area contributed by atoms with Gasteiger partial charge in [-0.25, -0.2) is 15.2 Å². The third-order valence-corrected chi connectivity index (χ3v) is 9.21. The van der Waals surface area contributed by atoms with Gasteiger partial charge in [-0.05, 0) is 59.3 Å². The van der Waals surface area contributed by atoms with Crippen LogP contribution in [0.5, 0.6) is 5.88 Å². The molecule has 0 radical (unpaired) electrons. The van der Waals surface area contributed by atoms with E-state index in [2.05, 4.69) is 25.1 Å². The predicted octanol–water partition coefficient (Wildman–Crippen LogP) is 2.46. The first kappa shape index (κ1) is 39.5. The standard InChI is InChI=1S/C30H52N7O10P/c1-10-43-26(39)19(12-16(3)4)35-48(42,36-20(13-17(5)6)27(40)44-11-2)45-14-21-23(38)30(9,41)28(47-21)37-15-32-22-24(37)33-29(31)34-25(22)46-18(7)8/h15-21,23,28,38,41H,10-14H2,1-9H3,(H2,31,33,34)(H2,35,36,42)/t19-,20-,21+,23?,28+,30?/m0/s1. The first-order valence-corrected chi connectivity index (χ1v) is 17.9. The number of anilines is 1. The van der Waals surface area contributed by atoms with Crippen molar-refractivity contribution < 1.29 is 47.8 Å². The first-order valence-electron chi connectivity index (χ1n) is 16.3. The molecule has 6 atom stereocenters. The van der Waals surface area contributed by atoms with Gasteiger partial charge in [-0.1, -0.05) is 27.7 Å². The van der Waals surface area contributed by atoms with Crippen molar-refractivity contribution in [3.05, 3.63) is 6.33 Å². The summed E-state index contributed by atoms with van der Waals surface area (Å²) in [6, 6.07) is -2.14. The van der Waals surface area contributed by atoms with E-state index in [0.717, 1.165) is 0 Å². The lowest BCUT2D eigenvalue weighted by Crippen LogP contribution is -2.47. The van der Waals surface area contributed by atoms with Gasteiger partial charge < -0.3 is 39.4 Å².